The molecule has 1 atom stereocenters. The highest BCUT2D eigenvalue weighted by atomic mass is 32.2. The van der Waals surface area contributed by atoms with Crippen LogP contribution < -0.4 is 4.72 Å². The largest absolute Gasteiger partial charge is 0.391 e. The van der Waals surface area contributed by atoms with Crippen LogP contribution in [0.5, 0.6) is 0 Å². The van der Waals surface area contributed by atoms with Crippen LogP contribution in [0, 0.1) is 16.7 Å². The molecule has 0 aliphatic heterocycles. The molecule has 2 N–H and O–H groups in total. The molecule has 0 saturated carbocycles. The van der Waals surface area contributed by atoms with E-state index in [0.29, 0.717) is 6.42 Å². The summed E-state index contributed by atoms with van der Waals surface area (Å²) in [5, 5.41) is 17.9. The lowest BCUT2D eigenvalue weighted by atomic mass is 9.89. The Labute approximate surface area is 97.5 Å². The summed E-state index contributed by atoms with van der Waals surface area (Å²) in [7, 11) is -3.37. The molecule has 0 bridgehead atoms. The molecule has 0 rings (SSSR count). The van der Waals surface area contributed by atoms with E-state index in [9.17, 15) is 13.5 Å². The van der Waals surface area contributed by atoms with Crippen molar-refractivity contribution in [2.45, 2.75) is 39.7 Å². The minimum Gasteiger partial charge on any atom is -0.391 e. The number of nitrogens with one attached hydrogen (secondary N) is 1. The number of sulfonamides is 1. The Morgan fingerprint density at radius 1 is 1.44 bits per heavy atom. The fraction of sp³-hybridized carbons (Fsp3) is 0.900. The van der Waals surface area contributed by atoms with E-state index < -0.39 is 16.1 Å². The first kappa shape index (κ1) is 15.4. The van der Waals surface area contributed by atoms with E-state index in [1.165, 1.54) is 0 Å². The van der Waals surface area contributed by atoms with Crippen LogP contribution in [-0.4, -0.2) is 31.9 Å². The van der Waals surface area contributed by atoms with Crippen molar-refractivity contribution in [1.82, 2.24) is 4.72 Å². The maximum atomic E-state index is 11.4. The number of unbranched alkanes of at least 4 members (excludes halogenated alkanes) is 1. The average Bonchev–Trinajstić information content (AvgIpc) is 2.13. The van der Waals surface area contributed by atoms with Gasteiger partial charge in [-0.05, 0) is 11.8 Å². The summed E-state index contributed by atoms with van der Waals surface area (Å²) in [4.78, 5) is 0. The van der Waals surface area contributed by atoms with Crippen LogP contribution in [0.15, 0.2) is 0 Å². The molecule has 0 heterocycles. The molecular weight excluding hydrogens is 228 g/mol. The van der Waals surface area contributed by atoms with Crippen LogP contribution >= 0.6 is 0 Å². The molecular formula is C10H20N2O3S. The van der Waals surface area contributed by atoms with Gasteiger partial charge in [0.05, 0.1) is 17.9 Å². The molecule has 5 nitrogen and oxygen atoms in total. The predicted octanol–water partition coefficient (Wildman–Crippen LogP) is 0.617. The molecule has 0 radical (unpaired) electrons. The minimum atomic E-state index is -3.37. The Morgan fingerprint density at radius 3 is 2.44 bits per heavy atom. The van der Waals surface area contributed by atoms with Gasteiger partial charge in [-0.3, -0.25) is 0 Å². The lowest BCUT2D eigenvalue weighted by molar-refractivity contribution is 0.0677. The van der Waals surface area contributed by atoms with Gasteiger partial charge in [0.25, 0.3) is 0 Å². The highest BCUT2D eigenvalue weighted by Crippen LogP contribution is 2.18. The van der Waals surface area contributed by atoms with Gasteiger partial charge in [-0.25, -0.2) is 13.1 Å². The summed E-state index contributed by atoms with van der Waals surface area (Å²) in [5.41, 5.74) is -0.352. The molecule has 0 aromatic heterocycles. The number of hydrogen-bond donors (Lipinski definition) is 2. The standard InChI is InChI=1S/C10H20N2O3S/c1-10(2,3)9(13)8-12-16(14,15)7-5-4-6-11/h9,12-13H,4-5,7-8H2,1-3H3. The molecule has 0 aromatic rings. The van der Waals surface area contributed by atoms with Crippen molar-refractivity contribution in [1.29, 1.82) is 5.26 Å². The first-order valence-corrected chi connectivity index (χ1v) is 6.86. The van der Waals surface area contributed by atoms with Crippen molar-refractivity contribution in [3.63, 3.8) is 0 Å². The number of aliphatic hydroxyl groups is 1. The monoisotopic (exact) mass is 248 g/mol. The quantitative estimate of drug-likeness (QED) is 0.674. The van der Waals surface area contributed by atoms with Crippen LogP contribution in [0.25, 0.3) is 0 Å². The summed E-state index contributed by atoms with van der Waals surface area (Å²) in [5.74, 6) is -0.0720. The Morgan fingerprint density at radius 2 is 2.00 bits per heavy atom. The second kappa shape index (κ2) is 6.18. The molecule has 0 aliphatic carbocycles. The van der Waals surface area contributed by atoms with Crippen molar-refractivity contribution < 1.29 is 13.5 Å². The van der Waals surface area contributed by atoms with Gasteiger partial charge >= 0.3 is 0 Å². The third-order valence-corrected chi connectivity index (χ3v) is 3.63. The van der Waals surface area contributed by atoms with Crippen LogP contribution in [0.3, 0.4) is 0 Å². The van der Waals surface area contributed by atoms with Crippen molar-refractivity contribution >= 4 is 10.0 Å². The SMILES string of the molecule is CC(C)(C)C(O)CNS(=O)(=O)CCCC#N. The number of hydrogen-bond acceptors (Lipinski definition) is 4. The highest BCUT2D eigenvalue weighted by molar-refractivity contribution is 7.89. The Kier molecular flexibility index (Phi) is 5.94. The van der Waals surface area contributed by atoms with Crippen LogP contribution in [-0.2, 0) is 10.0 Å². The van der Waals surface area contributed by atoms with E-state index in [2.05, 4.69) is 4.72 Å². The minimum absolute atomic E-state index is 0.0123. The number of aliphatic hydroxyl groups excluding tert-OH is 1. The van der Waals surface area contributed by atoms with E-state index in [4.69, 9.17) is 5.26 Å². The van der Waals surface area contributed by atoms with E-state index in [0.717, 1.165) is 0 Å². The van der Waals surface area contributed by atoms with Crippen molar-refractivity contribution in [2.24, 2.45) is 5.41 Å². The average molecular weight is 248 g/mol. The zero-order valence-corrected chi connectivity index (χ0v) is 10.8. The lowest BCUT2D eigenvalue weighted by Crippen LogP contribution is -2.39. The van der Waals surface area contributed by atoms with Gasteiger partial charge in [0.15, 0.2) is 0 Å². The second-order valence-corrected chi connectivity index (χ2v) is 6.74. The zero-order valence-electron chi connectivity index (χ0n) is 10.0. The Balaban J connectivity index is 4.06. The maximum Gasteiger partial charge on any atom is 0.211 e. The summed E-state index contributed by atoms with van der Waals surface area (Å²) in [6.45, 7) is 5.52. The highest BCUT2D eigenvalue weighted by Gasteiger charge is 2.23. The van der Waals surface area contributed by atoms with Crippen LogP contribution in [0.1, 0.15) is 33.6 Å². The second-order valence-electron chi connectivity index (χ2n) is 4.81. The van der Waals surface area contributed by atoms with Gasteiger partial charge in [0.2, 0.25) is 10.0 Å². The summed E-state index contributed by atoms with van der Waals surface area (Å²) in [6, 6.07) is 1.89. The third kappa shape index (κ3) is 6.77. The zero-order chi connectivity index (χ0) is 12.8. The summed E-state index contributed by atoms with van der Waals surface area (Å²) < 4.78 is 25.1. The summed E-state index contributed by atoms with van der Waals surface area (Å²) >= 11 is 0. The number of rotatable bonds is 6. The van der Waals surface area contributed by atoms with Gasteiger partial charge in [-0.1, -0.05) is 20.8 Å². The normalized spacial score (nSPS) is 14.4. The van der Waals surface area contributed by atoms with Crippen LogP contribution in [0.4, 0.5) is 0 Å². The first-order chi connectivity index (χ1) is 7.19. The molecule has 94 valence electrons. The van der Waals surface area contributed by atoms with Gasteiger partial charge in [-0.2, -0.15) is 5.26 Å². The molecule has 6 heteroatoms. The lowest BCUT2D eigenvalue weighted by Gasteiger charge is -2.25. The smallest absolute Gasteiger partial charge is 0.211 e. The van der Waals surface area contributed by atoms with Gasteiger partial charge in [0.1, 0.15) is 0 Å². The Bertz CT molecular complexity index is 338. The van der Waals surface area contributed by atoms with Gasteiger partial charge in [0, 0.05) is 13.0 Å². The summed E-state index contributed by atoms with van der Waals surface area (Å²) in [6.07, 6.45) is -0.182. The van der Waals surface area contributed by atoms with Crippen molar-refractivity contribution in [3.05, 3.63) is 0 Å². The molecule has 0 aliphatic rings. The fourth-order valence-corrected chi connectivity index (χ4v) is 2.01. The molecule has 0 fully saturated rings. The Hall–Kier alpha value is -0.640. The van der Waals surface area contributed by atoms with Gasteiger partial charge < -0.3 is 5.11 Å². The predicted molar refractivity (Wildman–Crippen MR) is 62.1 cm³/mol. The third-order valence-electron chi connectivity index (χ3n) is 2.20. The van der Waals surface area contributed by atoms with E-state index in [1.807, 2.05) is 26.8 Å². The maximum absolute atomic E-state index is 11.4. The van der Waals surface area contributed by atoms with Crippen LogP contribution in [0.2, 0.25) is 0 Å². The van der Waals surface area contributed by atoms with Crippen molar-refractivity contribution in [2.75, 3.05) is 12.3 Å². The molecule has 16 heavy (non-hydrogen) atoms. The van der Waals surface area contributed by atoms with Gasteiger partial charge in [-0.15, -0.1) is 0 Å². The van der Waals surface area contributed by atoms with E-state index in [-0.39, 0.29) is 24.1 Å². The molecule has 0 amide bonds. The fourth-order valence-electron chi connectivity index (χ4n) is 0.926. The topological polar surface area (TPSA) is 90.2 Å². The van der Waals surface area contributed by atoms with E-state index >= 15 is 0 Å². The molecule has 0 aromatic carbocycles. The van der Waals surface area contributed by atoms with E-state index in [1.54, 1.807) is 0 Å². The molecule has 0 saturated heterocycles. The molecule has 0 spiro atoms. The van der Waals surface area contributed by atoms with Crippen molar-refractivity contribution in [3.8, 4) is 6.07 Å². The number of nitrogens with zero attached hydrogens (tertiary/aromatic N) is 1. The molecule has 1 unspecified atom stereocenters. The first-order valence-electron chi connectivity index (χ1n) is 5.21. The number of nitriles is 1.